The molecule has 1 amide bonds. The number of fused-ring (bicyclic) bond motifs is 2. The zero-order valence-electron chi connectivity index (χ0n) is 27.0. The van der Waals surface area contributed by atoms with Crippen LogP contribution in [0.3, 0.4) is 0 Å². The summed E-state index contributed by atoms with van der Waals surface area (Å²) in [6.45, 7) is 11.5. The van der Waals surface area contributed by atoms with Gasteiger partial charge in [-0.15, -0.1) is 10.2 Å². The number of ketones is 1. The fourth-order valence-electron chi connectivity index (χ4n) is 9.62. The van der Waals surface area contributed by atoms with E-state index >= 15 is 0 Å². The molecule has 242 valence electrons. The van der Waals surface area contributed by atoms with Gasteiger partial charge in [-0.1, -0.05) is 0 Å². The molecule has 1 aromatic carbocycles. The monoisotopic (exact) mass is 618 g/mol. The first-order chi connectivity index (χ1) is 21.7. The Morgan fingerprint density at radius 2 is 1.98 bits per heavy atom. The first-order valence-electron chi connectivity index (χ1n) is 17.1. The lowest BCUT2D eigenvalue weighted by molar-refractivity contribution is -0.120. The number of nitrogens with zero attached hydrogens (tertiary/aromatic N) is 6. The molecular weight excluding hydrogens is 571 g/mol. The molecule has 9 nitrogen and oxygen atoms in total. The van der Waals surface area contributed by atoms with Gasteiger partial charge < -0.3 is 19.4 Å². The lowest BCUT2D eigenvalue weighted by Crippen LogP contribution is -2.61. The second-order valence-corrected chi connectivity index (χ2v) is 15.0. The molecule has 45 heavy (non-hydrogen) atoms. The smallest absolute Gasteiger partial charge is 0.282 e. The van der Waals surface area contributed by atoms with Crippen molar-refractivity contribution in [2.75, 3.05) is 44.2 Å². The number of rotatable bonds is 8. The molecule has 2 aromatic rings. The summed E-state index contributed by atoms with van der Waals surface area (Å²) < 4.78 is 20.4. The Labute approximate surface area is 265 Å². The van der Waals surface area contributed by atoms with Crippen molar-refractivity contribution in [2.24, 2.45) is 28.6 Å². The Morgan fingerprint density at radius 1 is 1.18 bits per heavy atom. The summed E-state index contributed by atoms with van der Waals surface area (Å²) in [7, 11) is 0. The largest absolute Gasteiger partial charge is 0.434 e. The predicted molar refractivity (Wildman–Crippen MR) is 169 cm³/mol. The summed E-state index contributed by atoms with van der Waals surface area (Å²) in [4.78, 5) is 36.6. The highest BCUT2D eigenvalue weighted by atomic mass is 19.1. The van der Waals surface area contributed by atoms with Crippen molar-refractivity contribution >= 4 is 17.5 Å². The van der Waals surface area contributed by atoms with Crippen molar-refractivity contribution in [3.63, 3.8) is 0 Å². The Bertz CT molecular complexity index is 1440. The number of carbonyl (C=O) groups excluding carboxylic acids is 2. The number of ether oxygens (including phenoxy) is 1. The van der Waals surface area contributed by atoms with E-state index in [0.29, 0.717) is 23.6 Å². The highest BCUT2D eigenvalue weighted by Gasteiger charge is 2.54. The molecular formula is C35H47FN6O3. The standard InChI is InChI=1S/C35H47FN6O3/c1-4-42(23(2)3)33(44)29-16-27(36)7-8-30(29)45-32-31(37-22-38-39-32)41-20-34(21-41)11-13-40(14-12-34)19-25-15-26-6-5-24(25)17-35(26)10-9-28(43)18-35/h7-8,16,22-26H,4-6,9-15,17-21H2,1-3H3/t24-,25-,26?,35?/m0/s1. The number of halogens is 1. The minimum atomic E-state index is -0.496. The van der Waals surface area contributed by atoms with Gasteiger partial charge in [-0.2, -0.15) is 0 Å². The number of hydrogen-bond acceptors (Lipinski definition) is 8. The molecule has 2 unspecified atom stereocenters. The highest BCUT2D eigenvalue weighted by molar-refractivity contribution is 5.97. The molecule has 2 aliphatic heterocycles. The second-order valence-electron chi connectivity index (χ2n) is 15.0. The van der Waals surface area contributed by atoms with Crippen molar-refractivity contribution in [1.29, 1.82) is 0 Å². The minimum absolute atomic E-state index is 0.0372. The summed E-state index contributed by atoms with van der Waals surface area (Å²) in [5, 5.41) is 8.20. The van der Waals surface area contributed by atoms with Gasteiger partial charge >= 0.3 is 0 Å². The van der Waals surface area contributed by atoms with Crippen molar-refractivity contribution in [3.05, 3.63) is 35.9 Å². The van der Waals surface area contributed by atoms with E-state index < -0.39 is 5.82 Å². The quantitative estimate of drug-likeness (QED) is 0.369. The molecule has 10 heteroatoms. The van der Waals surface area contributed by atoms with E-state index in [1.807, 2.05) is 20.8 Å². The molecule has 0 N–H and O–H groups in total. The van der Waals surface area contributed by atoms with Crippen LogP contribution in [0, 0.1) is 34.4 Å². The molecule has 4 saturated carbocycles. The predicted octanol–water partition coefficient (Wildman–Crippen LogP) is 5.75. The average Bonchev–Trinajstić information content (AvgIpc) is 3.38. The van der Waals surface area contributed by atoms with Gasteiger partial charge in [0.1, 0.15) is 23.7 Å². The average molecular weight is 619 g/mol. The number of hydrogen-bond donors (Lipinski definition) is 0. The van der Waals surface area contributed by atoms with Crippen LogP contribution in [-0.4, -0.2) is 82.0 Å². The van der Waals surface area contributed by atoms with Crippen molar-refractivity contribution in [3.8, 4) is 11.6 Å². The number of aromatic nitrogens is 3. The summed E-state index contributed by atoms with van der Waals surface area (Å²) in [5.74, 6) is 3.15. The van der Waals surface area contributed by atoms with E-state index in [9.17, 15) is 14.0 Å². The third-order valence-electron chi connectivity index (χ3n) is 12.1. The van der Waals surface area contributed by atoms with Crippen LogP contribution in [0.25, 0.3) is 0 Å². The van der Waals surface area contributed by atoms with Gasteiger partial charge in [0.05, 0.1) is 5.56 Å². The molecule has 3 heterocycles. The molecule has 4 atom stereocenters. The normalized spacial score (nSPS) is 29.0. The number of benzene rings is 1. The summed E-state index contributed by atoms with van der Waals surface area (Å²) in [5.41, 5.74) is 0.773. The number of likely N-dealkylation sites (tertiary alicyclic amines) is 1. The van der Waals surface area contributed by atoms with E-state index in [0.717, 1.165) is 76.0 Å². The zero-order chi connectivity index (χ0) is 31.3. The SMILES string of the molecule is CCN(C(=O)c1cc(F)ccc1Oc1nncnc1N1CC2(CCN(C[C@@H]3CC4CC[C@H]3CC43CCC(=O)C3)CC2)C1)C(C)C. The van der Waals surface area contributed by atoms with Crippen molar-refractivity contribution in [1.82, 2.24) is 25.0 Å². The number of carbonyl (C=O) groups is 2. The summed E-state index contributed by atoms with van der Waals surface area (Å²) in [6.07, 6.45) is 11.9. The van der Waals surface area contributed by atoms with Crippen LogP contribution in [0.2, 0.25) is 0 Å². The maximum atomic E-state index is 14.3. The maximum absolute atomic E-state index is 14.3. The van der Waals surface area contributed by atoms with E-state index in [-0.39, 0.29) is 34.6 Å². The highest BCUT2D eigenvalue weighted by Crippen LogP contribution is 2.61. The van der Waals surface area contributed by atoms with Crippen molar-refractivity contribution < 1.29 is 18.7 Å². The number of piperidine rings is 1. The molecule has 6 aliphatic rings. The number of amides is 1. The Kier molecular flexibility index (Phi) is 8.07. The van der Waals surface area contributed by atoms with Crippen LogP contribution in [0.15, 0.2) is 24.5 Å². The Balaban J connectivity index is 0.965. The zero-order valence-corrected chi connectivity index (χ0v) is 27.0. The Hall–Kier alpha value is -3.14. The van der Waals surface area contributed by atoms with E-state index in [1.165, 1.54) is 56.8 Å². The van der Waals surface area contributed by atoms with Gasteiger partial charge in [-0.25, -0.2) is 9.37 Å². The van der Waals surface area contributed by atoms with Gasteiger partial charge in [0.2, 0.25) is 0 Å². The van der Waals surface area contributed by atoms with Crippen LogP contribution < -0.4 is 9.64 Å². The van der Waals surface area contributed by atoms with Gasteiger partial charge in [0.25, 0.3) is 11.8 Å². The second kappa shape index (κ2) is 11.9. The molecule has 1 aromatic heterocycles. The van der Waals surface area contributed by atoms with Crippen LogP contribution in [-0.2, 0) is 4.79 Å². The molecule has 2 saturated heterocycles. The lowest BCUT2D eigenvalue weighted by atomic mass is 9.52. The molecule has 2 spiro atoms. The van der Waals surface area contributed by atoms with Crippen LogP contribution in [0.1, 0.15) is 88.9 Å². The minimum Gasteiger partial charge on any atom is -0.434 e. The first kappa shape index (κ1) is 30.5. The van der Waals surface area contributed by atoms with E-state index in [1.54, 1.807) is 4.90 Å². The van der Waals surface area contributed by atoms with Crippen LogP contribution in [0.4, 0.5) is 10.2 Å². The van der Waals surface area contributed by atoms with Crippen LogP contribution >= 0.6 is 0 Å². The number of anilines is 1. The summed E-state index contributed by atoms with van der Waals surface area (Å²) >= 11 is 0. The fraction of sp³-hybridized carbons (Fsp3) is 0.686. The molecule has 0 radical (unpaired) electrons. The molecule has 4 aliphatic carbocycles. The molecule has 6 fully saturated rings. The topological polar surface area (TPSA) is 91.8 Å². The van der Waals surface area contributed by atoms with Gasteiger partial charge in [-0.05, 0) is 120 Å². The first-order valence-corrected chi connectivity index (χ1v) is 17.1. The van der Waals surface area contributed by atoms with Crippen molar-refractivity contribution in [2.45, 2.75) is 84.6 Å². The van der Waals surface area contributed by atoms with E-state index in [2.05, 4.69) is 25.0 Å². The van der Waals surface area contributed by atoms with E-state index in [4.69, 9.17) is 4.74 Å². The lowest BCUT2D eigenvalue weighted by Gasteiger charge is -2.56. The Morgan fingerprint density at radius 3 is 2.64 bits per heavy atom. The third-order valence-corrected chi connectivity index (χ3v) is 12.1. The molecule has 8 rings (SSSR count). The fourth-order valence-corrected chi connectivity index (χ4v) is 9.62. The summed E-state index contributed by atoms with van der Waals surface area (Å²) in [6, 6.07) is 3.96. The number of Topliss-reactive ketones (excluding diaryl/α,β-unsaturated/α-hetero) is 1. The van der Waals surface area contributed by atoms with Gasteiger partial charge in [-0.3, -0.25) is 9.59 Å². The van der Waals surface area contributed by atoms with Gasteiger partial charge in [0, 0.05) is 50.5 Å². The molecule has 2 bridgehead atoms. The van der Waals surface area contributed by atoms with Gasteiger partial charge in [0.15, 0.2) is 5.82 Å². The maximum Gasteiger partial charge on any atom is 0.282 e. The van der Waals surface area contributed by atoms with Crippen LogP contribution in [0.5, 0.6) is 11.6 Å². The third kappa shape index (κ3) is 5.72.